The summed E-state index contributed by atoms with van der Waals surface area (Å²) in [6.45, 7) is 4.19. The number of nitrogens with zero attached hydrogens (tertiary/aromatic N) is 1. The summed E-state index contributed by atoms with van der Waals surface area (Å²) in [7, 11) is -7.02. The number of hydrogen-bond acceptors (Lipinski definition) is 6. The number of aromatic nitrogens is 1. The molecule has 1 heterocycles. The van der Waals surface area contributed by atoms with Crippen LogP contribution in [0.4, 0.5) is 5.82 Å². The Morgan fingerprint density at radius 2 is 1.95 bits per heavy atom. The second-order valence-electron chi connectivity index (χ2n) is 4.92. The van der Waals surface area contributed by atoms with E-state index in [9.17, 15) is 16.8 Å². The summed E-state index contributed by atoms with van der Waals surface area (Å²) < 4.78 is 49.1. The van der Waals surface area contributed by atoms with E-state index in [1.165, 1.54) is 25.3 Å². The van der Waals surface area contributed by atoms with Crippen LogP contribution >= 0.6 is 0 Å². The Balaban J connectivity index is 2.87. The molecule has 0 spiro atoms. The van der Waals surface area contributed by atoms with Crippen LogP contribution in [-0.2, 0) is 19.9 Å². The third-order valence-electron chi connectivity index (χ3n) is 2.51. The molecule has 1 aromatic rings. The van der Waals surface area contributed by atoms with Gasteiger partial charge in [0, 0.05) is 31.1 Å². The van der Waals surface area contributed by atoms with Crippen LogP contribution in [0, 0.1) is 0 Å². The fourth-order valence-corrected chi connectivity index (χ4v) is 4.10. The zero-order valence-electron chi connectivity index (χ0n) is 12.3. The normalized spacial score (nSPS) is 13.9. The van der Waals surface area contributed by atoms with Gasteiger partial charge in [-0.2, -0.15) is 0 Å². The van der Waals surface area contributed by atoms with Gasteiger partial charge in [-0.1, -0.05) is 6.92 Å². The number of rotatable bonds is 8. The molecular formula is C12H21N3O4S2. The Hall–Kier alpha value is -1.19. The van der Waals surface area contributed by atoms with Gasteiger partial charge in [-0.3, -0.25) is 0 Å². The molecule has 0 aliphatic rings. The molecule has 1 atom stereocenters. The summed E-state index contributed by atoms with van der Waals surface area (Å²) in [6, 6.07) is 2.09. The van der Waals surface area contributed by atoms with E-state index in [0.29, 0.717) is 12.4 Å². The molecule has 0 radical (unpaired) electrons. The van der Waals surface area contributed by atoms with Crippen LogP contribution in [0.3, 0.4) is 0 Å². The van der Waals surface area contributed by atoms with Gasteiger partial charge in [-0.05, 0) is 19.4 Å². The molecular weight excluding hydrogens is 314 g/mol. The van der Waals surface area contributed by atoms with Crippen molar-refractivity contribution in [3.63, 3.8) is 0 Å². The molecule has 0 aliphatic carbocycles. The molecule has 1 rings (SSSR count). The van der Waals surface area contributed by atoms with Crippen LogP contribution in [0.15, 0.2) is 23.2 Å². The molecule has 0 saturated heterocycles. The second kappa shape index (κ2) is 7.19. The van der Waals surface area contributed by atoms with Gasteiger partial charge in [0.1, 0.15) is 15.7 Å². The molecule has 0 amide bonds. The molecule has 21 heavy (non-hydrogen) atoms. The lowest BCUT2D eigenvalue weighted by Crippen LogP contribution is -2.37. The first-order chi connectivity index (χ1) is 9.64. The minimum Gasteiger partial charge on any atom is -0.370 e. The SMILES string of the molecule is CCCNc1cc(S(=O)(=O)NC(C)CS(C)(=O)=O)ccn1. The van der Waals surface area contributed by atoms with Crippen molar-refractivity contribution < 1.29 is 16.8 Å². The zero-order chi connectivity index (χ0) is 16.1. The minimum absolute atomic E-state index is 0.0523. The molecule has 9 heteroatoms. The average molecular weight is 335 g/mol. The van der Waals surface area contributed by atoms with Gasteiger partial charge in [0.2, 0.25) is 10.0 Å². The van der Waals surface area contributed by atoms with E-state index >= 15 is 0 Å². The highest BCUT2D eigenvalue weighted by molar-refractivity contribution is 7.91. The summed E-state index contributed by atoms with van der Waals surface area (Å²) in [5.41, 5.74) is 0. The standard InChI is InChI=1S/C12H21N3O4S2/c1-4-6-13-12-8-11(5-7-14-12)21(18,19)15-10(2)9-20(3,16)17/h5,7-8,10,15H,4,6,9H2,1-3H3,(H,13,14). The Morgan fingerprint density at radius 3 is 2.52 bits per heavy atom. The highest BCUT2D eigenvalue weighted by Crippen LogP contribution is 2.13. The van der Waals surface area contributed by atoms with Crippen LogP contribution in [0.5, 0.6) is 0 Å². The van der Waals surface area contributed by atoms with Gasteiger partial charge in [0.15, 0.2) is 0 Å². The molecule has 1 aromatic heterocycles. The fraction of sp³-hybridized carbons (Fsp3) is 0.583. The predicted molar refractivity (Wildman–Crippen MR) is 82.5 cm³/mol. The van der Waals surface area contributed by atoms with Gasteiger partial charge >= 0.3 is 0 Å². The van der Waals surface area contributed by atoms with Gasteiger partial charge in [-0.15, -0.1) is 0 Å². The number of sulfonamides is 1. The van der Waals surface area contributed by atoms with Gasteiger partial charge < -0.3 is 5.32 Å². The summed E-state index contributed by atoms with van der Waals surface area (Å²) in [5.74, 6) is 0.216. The molecule has 0 aliphatic heterocycles. The third kappa shape index (κ3) is 6.40. The van der Waals surface area contributed by atoms with Crippen molar-refractivity contribution in [3.05, 3.63) is 18.3 Å². The number of sulfone groups is 1. The Morgan fingerprint density at radius 1 is 1.29 bits per heavy atom. The highest BCUT2D eigenvalue weighted by Gasteiger charge is 2.20. The first-order valence-corrected chi connectivity index (χ1v) is 10.1. The molecule has 1 unspecified atom stereocenters. The number of nitrogens with one attached hydrogen (secondary N) is 2. The maximum absolute atomic E-state index is 12.2. The molecule has 120 valence electrons. The molecule has 0 bridgehead atoms. The summed E-state index contributed by atoms with van der Waals surface area (Å²) in [5, 5.41) is 3.00. The second-order valence-corrected chi connectivity index (χ2v) is 8.82. The van der Waals surface area contributed by atoms with Crippen molar-refractivity contribution in [2.45, 2.75) is 31.2 Å². The van der Waals surface area contributed by atoms with E-state index in [0.717, 1.165) is 12.7 Å². The summed E-state index contributed by atoms with van der Waals surface area (Å²) in [4.78, 5) is 4.08. The van der Waals surface area contributed by atoms with E-state index in [4.69, 9.17) is 0 Å². The van der Waals surface area contributed by atoms with Gasteiger partial charge in [0.05, 0.1) is 10.6 Å². The lowest BCUT2D eigenvalue weighted by atomic mass is 10.4. The van der Waals surface area contributed by atoms with Crippen LogP contribution in [0.2, 0.25) is 0 Å². The van der Waals surface area contributed by atoms with Crippen molar-refractivity contribution >= 4 is 25.7 Å². The quantitative estimate of drug-likeness (QED) is 0.721. The van der Waals surface area contributed by atoms with Gasteiger partial charge in [0.25, 0.3) is 0 Å². The highest BCUT2D eigenvalue weighted by atomic mass is 32.2. The van der Waals surface area contributed by atoms with Crippen LogP contribution in [0.1, 0.15) is 20.3 Å². The van der Waals surface area contributed by atoms with E-state index in [1.54, 1.807) is 0 Å². The largest absolute Gasteiger partial charge is 0.370 e. The minimum atomic E-state index is -3.77. The van der Waals surface area contributed by atoms with Crippen LogP contribution < -0.4 is 10.0 Å². The topological polar surface area (TPSA) is 105 Å². The van der Waals surface area contributed by atoms with Crippen molar-refractivity contribution in [2.24, 2.45) is 0 Å². The monoisotopic (exact) mass is 335 g/mol. The van der Waals surface area contributed by atoms with E-state index in [1.807, 2.05) is 6.92 Å². The Labute approximate surface area is 126 Å². The van der Waals surface area contributed by atoms with Gasteiger partial charge in [-0.25, -0.2) is 26.5 Å². The van der Waals surface area contributed by atoms with Crippen LogP contribution in [-0.4, -0.2) is 46.4 Å². The third-order valence-corrected chi connectivity index (χ3v) is 5.20. The molecule has 0 fully saturated rings. The number of hydrogen-bond donors (Lipinski definition) is 2. The molecule has 0 saturated carbocycles. The van der Waals surface area contributed by atoms with Crippen LogP contribution in [0.25, 0.3) is 0 Å². The first-order valence-electron chi connectivity index (χ1n) is 6.54. The molecule has 7 nitrogen and oxygen atoms in total. The van der Waals surface area contributed by atoms with Crippen molar-refractivity contribution in [1.82, 2.24) is 9.71 Å². The number of anilines is 1. The maximum atomic E-state index is 12.2. The van der Waals surface area contributed by atoms with E-state index < -0.39 is 25.9 Å². The van der Waals surface area contributed by atoms with E-state index in [-0.39, 0.29) is 10.6 Å². The maximum Gasteiger partial charge on any atom is 0.241 e. The first kappa shape index (κ1) is 17.9. The lowest BCUT2D eigenvalue weighted by Gasteiger charge is -2.14. The number of pyridine rings is 1. The van der Waals surface area contributed by atoms with E-state index in [2.05, 4.69) is 15.0 Å². The van der Waals surface area contributed by atoms with Crippen molar-refractivity contribution in [1.29, 1.82) is 0 Å². The molecule has 0 aromatic carbocycles. The Kier molecular flexibility index (Phi) is 6.11. The summed E-state index contributed by atoms with van der Waals surface area (Å²) in [6.07, 6.45) is 3.35. The average Bonchev–Trinajstić information content (AvgIpc) is 2.33. The predicted octanol–water partition coefficient (Wildman–Crippen LogP) is 0.615. The van der Waals surface area contributed by atoms with Crippen molar-refractivity contribution in [2.75, 3.05) is 23.9 Å². The smallest absolute Gasteiger partial charge is 0.241 e. The summed E-state index contributed by atoms with van der Waals surface area (Å²) >= 11 is 0. The van der Waals surface area contributed by atoms with Crippen molar-refractivity contribution in [3.8, 4) is 0 Å². The lowest BCUT2D eigenvalue weighted by molar-refractivity contribution is 0.564. The Bertz CT molecular complexity index is 671. The fourth-order valence-electron chi connectivity index (χ4n) is 1.75. The zero-order valence-corrected chi connectivity index (χ0v) is 14.0. The molecule has 2 N–H and O–H groups in total.